The van der Waals surface area contributed by atoms with E-state index in [1.54, 1.807) is 6.92 Å². The summed E-state index contributed by atoms with van der Waals surface area (Å²) >= 11 is 0. The molecule has 3 aliphatic rings. The fourth-order valence-corrected chi connectivity index (χ4v) is 9.54. The molecule has 3 nitrogen and oxygen atoms in total. The molecule has 0 atom stereocenters. The molecule has 2 aliphatic carbocycles. The second-order valence-electron chi connectivity index (χ2n) is 17.0. The summed E-state index contributed by atoms with van der Waals surface area (Å²) in [4.78, 5) is 16.9. The number of piperazine rings is 1. The molecule has 0 bridgehead atoms. The average Bonchev–Trinajstić information content (AvgIpc) is 2.93. The molecule has 0 N–H and O–H groups in total. The highest BCUT2D eigenvalue weighted by atomic mass is 16.1. The van der Waals surface area contributed by atoms with E-state index in [9.17, 15) is 4.79 Å². The van der Waals surface area contributed by atoms with Gasteiger partial charge in [-0.2, -0.15) is 0 Å². The van der Waals surface area contributed by atoms with E-state index in [-0.39, 0.29) is 0 Å². The maximum atomic E-state index is 11.4. The first-order chi connectivity index (χ1) is 19.5. The molecule has 0 amide bonds. The summed E-state index contributed by atoms with van der Waals surface area (Å²) in [7, 11) is 0. The fourth-order valence-electron chi connectivity index (χ4n) is 9.54. The summed E-state index contributed by atoms with van der Waals surface area (Å²) in [6.45, 7) is 31.9. The van der Waals surface area contributed by atoms with Crippen molar-refractivity contribution in [2.75, 3.05) is 26.2 Å². The van der Waals surface area contributed by atoms with Gasteiger partial charge in [0, 0.05) is 44.7 Å². The number of carbonyl (C=O) groups is 1. The van der Waals surface area contributed by atoms with Crippen molar-refractivity contribution in [3.05, 3.63) is 35.9 Å². The number of Topliss-reactive ketones (excluding diaryl/α,β-unsaturated/α-hetero) is 1. The number of hydrogen-bond donors (Lipinski definition) is 0. The molecule has 3 heteroatoms. The predicted octanol–water partition coefficient (Wildman–Crippen LogP) is 9.89. The van der Waals surface area contributed by atoms with Crippen LogP contribution in [0.5, 0.6) is 0 Å². The van der Waals surface area contributed by atoms with Gasteiger partial charge in [-0.15, -0.1) is 0 Å². The van der Waals surface area contributed by atoms with Crippen LogP contribution in [0.3, 0.4) is 0 Å². The number of benzene rings is 1. The first kappa shape index (κ1) is 35.3. The minimum absolute atomic E-state index is 0.342. The van der Waals surface area contributed by atoms with Gasteiger partial charge in [0.25, 0.3) is 0 Å². The van der Waals surface area contributed by atoms with Crippen LogP contribution in [-0.4, -0.2) is 47.8 Å². The summed E-state index contributed by atoms with van der Waals surface area (Å²) in [6.07, 6.45) is 10.3. The van der Waals surface area contributed by atoms with E-state index < -0.39 is 0 Å². The molecule has 42 heavy (non-hydrogen) atoms. The third-order valence-corrected chi connectivity index (χ3v) is 12.7. The summed E-state index contributed by atoms with van der Waals surface area (Å²) in [6, 6.07) is 11.8. The van der Waals surface area contributed by atoms with Gasteiger partial charge in [-0.05, 0) is 97.3 Å². The largest absolute Gasteiger partial charge is 0.300 e. The molecule has 1 aromatic carbocycles. The summed E-state index contributed by atoms with van der Waals surface area (Å²) in [5.41, 5.74) is 3.17. The SMILES string of the molecule is CC(=O)C1CCC(C(C)C)(C(C)(C)C)CC1.CC(C)C1(C(C)(C)C)CCC(N2CCN(Cc3ccccc3)CC2)CC1. The Bertz CT molecular complexity index is 942. The molecule has 0 aromatic heterocycles. The van der Waals surface area contributed by atoms with Gasteiger partial charge in [0.15, 0.2) is 0 Å². The lowest BCUT2D eigenvalue weighted by Gasteiger charge is -2.54. The molecule has 0 radical (unpaired) electrons. The van der Waals surface area contributed by atoms with E-state index in [4.69, 9.17) is 0 Å². The smallest absolute Gasteiger partial charge is 0.132 e. The molecule has 3 fully saturated rings. The molecule has 240 valence electrons. The lowest BCUT2D eigenvalue weighted by Crippen LogP contribution is -2.53. The lowest BCUT2D eigenvalue weighted by molar-refractivity contribution is -0.124. The van der Waals surface area contributed by atoms with Gasteiger partial charge in [0.2, 0.25) is 0 Å². The van der Waals surface area contributed by atoms with E-state index in [2.05, 4.69) is 109 Å². The highest BCUT2D eigenvalue weighted by Crippen LogP contribution is 2.56. The summed E-state index contributed by atoms with van der Waals surface area (Å²) in [5, 5.41) is 0. The normalized spacial score (nSPS) is 30.2. The highest BCUT2D eigenvalue weighted by Gasteiger charge is 2.48. The van der Waals surface area contributed by atoms with Crippen molar-refractivity contribution >= 4 is 5.78 Å². The van der Waals surface area contributed by atoms with Gasteiger partial charge in [-0.25, -0.2) is 0 Å². The Hall–Kier alpha value is -1.19. The number of ketones is 1. The van der Waals surface area contributed by atoms with Gasteiger partial charge >= 0.3 is 0 Å². The van der Waals surface area contributed by atoms with Crippen LogP contribution in [0.2, 0.25) is 0 Å². The van der Waals surface area contributed by atoms with Gasteiger partial charge < -0.3 is 0 Å². The Labute approximate surface area is 261 Å². The second kappa shape index (κ2) is 14.3. The first-order valence-electron chi connectivity index (χ1n) is 17.5. The van der Waals surface area contributed by atoms with Crippen molar-refractivity contribution < 1.29 is 4.79 Å². The lowest BCUT2D eigenvalue weighted by atomic mass is 9.53. The van der Waals surface area contributed by atoms with Crippen LogP contribution in [0.25, 0.3) is 0 Å². The third-order valence-electron chi connectivity index (χ3n) is 12.7. The van der Waals surface area contributed by atoms with Gasteiger partial charge in [-0.1, -0.05) is 99.6 Å². The predicted molar refractivity (Wildman–Crippen MR) is 182 cm³/mol. The maximum Gasteiger partial charge on any atom is 0.132 e. The summed E-state index contributed by atoms with van der Waals surface area (Å²) < 4.78 is 0. The van der Waals surface area contributed by atoms with Crippen molar-refractivity contribution in [2.24, 2.45) is 39.4 Å². The van der Waals surface area contributed by atoms with Crippen LogP contribution in [-0.2, 0) is 11.3 Å². The molecule has 0 spiro atoms. The van der Waals surface area contributed by atoms with Crippen molar-refractivity contribution in [1.29, 1.82) is 0 Å². The second-order valence-corrected chi connectivity index (χ2v) is 17.0. The number of nitrogens with zero attached hydrogens (tertiary/aromatic N) is 2. The average molecular weight is 581 g/mol. The Kier molecular flexibility index (Phi) is 12.0. The molecular weight excluding hydrogens is 512 g/mol. The van der Waals surface area contributed by atoms with Crippen LogP contribution in [0.15, 0.2) is 30.3 Å². The quantitative estimate of drug-likeness (QED) is 0.334. The van der Waals surface area contributed by atoms with Crippen LogP contribution in [0, 0.1) is 39.4 Å². The van der Waals surface area contributed by atoms with E-state index in [0.29, 0.717) is 39.3 Å². The maximum absolute atomic E-state index is 11.4. The van der Waals surface area contributed by atoms with Crippen molar-refractivity contribution in [3.8, 4) is 0 Å². The third kappa shape index (κ3) is 8.09. The molecule has 4 rings (SSSR count). The van der Waals surface area contributed by atoms with Gasteiger partial charge in [0.1, 0.15) is 5.78 Å². The van der Waals surface area contributed by atoms with E-state index in [1.165, 1.54) is 70.3 Å². The van der Waals surface area contributed by atoms with Crippen LogP contribution in [0.4, 0.5) is 0 Å². The molecule has 1 aliphatic heterocycles. The molecule has 1 aromatic rings. The molecule has 1 saturated heterocycles. The van der Waals surface area contributed by atoms with E-state index in [0.717, 1.165) is 31.3 Å². The minimum Gasteiger partial charge on any atom is -0.300 e. The number of hydrogen-bond acceptors (Lipinski definition) is 3. The highest BCUT2D eigenvalue weighted by molar-refractivity contribution is 5.78. The zero-order valence-electron chi connectivity index (χ0n) is 29.7. The molecule has 1 heterocycles. The zero-order chi connectivity index (χ0) is 31.3. The van der Waals surface area contributed by atoms with E-state index >= 15 is 0 Å². The molecule has 2 saturated carbocycles. The summed E-state index contributed by atoms with van der Waals surface area (Å²) in [5.74, 6) is 2.23. The topological polar surface area (TPSA) is 23.6 Å². The Morgan fingerprint density at radius 3 is 1.55 bits per heavy atom. The first-order valence-corrected chi connectivity index (χ1v) is 17.5. The van der Waals surface area contributed by atoms with Crippen molar-refractivity contribution in [2.45, 2.75) is 140 Å². The minimum atomic E-state index is 0.342. The van der Waals surface area contributed by atoms with Crippen LogP contribution in [0.1, 0.15) is 133 Å². The van der Waals surface area contributed by atoms with E-state index in [1.807, 2.05) is 0 Å². The monoisotopic (exact) mass is 581 g/mol. The zero-order valence-corrected chi connectivity index (χ0v) is 29.7. The number of rotatable bonds is 6. The standard InChI is InChI=1S/C24H40N2.C15H28O/c1-20(2)24(23(3,4)5)13-11-22(12-14-24)26-17-15-25(16-18-26)19-21-9-7-6-8-10-21;1-11(2)15(14(4,5)6)9-7-13(8-10-15)12(3)16/h6-10,20,22H,11-19H2,1-5H3;11,13H,7-10H2,1-6H3. The van der Waals surface area contributed by atoms with Crippen LogP contribution >= 0.6 is 0 Å². The fraction of sp³-hybridized carbons (Fsp3) is 0.821. The molecular formula is C39H68N2O. The Morgan fingerprint density at radius 1 is 0.738 bits per heavy atom. The van der Waals surface area contributed by atoms with Gasteiger partial charge in [0.05, 0.1) is 0 Å². The Balaban J connectivity index is 0.000000260. The molecule has 0 unspecified atom stereocenters. The number of carbonyl (C=O) groups excluding carboxylic acids is 1. The van der Waals surface area contributed by atoms with Crippen molar-refractivity contribution in [3.63, 3.8) is 0 Å². The van der Waals surface area contributed by atoms with Crippen molar-refractivity contribution in [1.82, 2.24) is 9.80 Å². The van der Waals surface area contributed by atoms with Gasteiger partial charge in [-0.3, -0.25) is 14.6 Å². The van der Waals surface area contributed by atoms with Crippen LogP contribution < -0.4 is 0 Å². The Morgan fingerprint density at radius 2 is 1.17 bits per heavy atom.